The summed E-state index contributed by atoms with van der Waals surface area (Å²) in [6.45, 7) is 5.82. The van der Waals surface area contributed by atoms with Crippen LogP contribution in [-0.4, -0.2) is 48.8 Å². The molecule has 2 rings (SSSR count). The van der Waals surface area contributed by atoms with Crippen LogP contribution in [0.1, 0.15) is 19.8 Å². The van der Waals surface area contributed by atoms with Crippen molar-refractivity contribution in [1.82, 2.24) is 9.91 Å². The number of hydrogen-bond donors (Lipinski definition) is 0. The van der Waals surface area contributed by atoms with Crippen molar-refractivity contribution in [2.45, 2.75) is 25.8 Å². The predicted molar refractivity (Wildman–Crippen MR) is 54.9 cm³/mol. The summed E-state index contributed by atoms with van der Waals surface area (Å²) in [6, 6.07) is 0.706. The van der Waals surface area contributed by atoms with E-state index in [4.69, 9.17) is 0 Å². The third kappa shape index (κ3) is 2.02. The summed E-state index contributed by atoms with van der Waals surface area (Å²) >= 11 is 0. The molecule has 0 amide bonds. The van der Waals surface area contributed by atoms with Gasteiger partial charge in [-0.05, 0) is 33.0 Å². The molecule has 13 heavy (non-hydrogen) atoms. The van der Waals surface area contributed by atoms with E-state index in [2.05, 4.69) is 35.2 Å². The molecule has 0 spiro atoms. The number of hydrazone groups is 1. The lowest BCUT2D eigenvalue weighted by atomic mass is 10.0. The Bertz CT molecular complexity index is 194. The molecule has 0 aromatic heterocycles. The van der Waals surface area contributed by atoms with E-state index in [0.29, 0.717) is 12.0 Å². The van der Waals surface area contributed by atoms with Crippen LogP contribution in [0.15, 0.2) is 5.10 Å². The standard InChI is InChI=1S/C10H19N3/c1-9-7-11-13(8-9)10-3-5-12(2)6-4-10/h7,9-10H,3-6,8H2,1-2H3. The predicted octanol–water partition coefficient (Wildman–Crippen LogP) is 1.02. The zero-order valence-electron chi connectivity index (χ0n) is 8.61. The van der Waals surface area contributed by atoms with Gasteiger partial charge in [-0.2, -0.15) is 5.10 Å². The smallest absolute Gasteiger partial charge is 0.0495 e. The Morgan fingerprint density at radius 3 is 2.54 bits per heavy atom. The summed E-state index contributed by atoms with van der Waals surface area (Å²) < 4.78 is 0. The van der Waals surface area contributed by atoms with Crippen molar-refractivity contribution in [1.29, 1.82) is 0 Å². The van der Waals surface area contributed by atoms with Gasteiger partial charge in [0.1, 0.15) is 0 Å². The molecule has 0 N–H and O–H groups in total. The zero-order valence-corrected chi connectivity index (χ0v) is 8.61. The van der Waals surface area contributed by atoms with E-state index in [-0.39, 0.29) is 0 Å². The first-order chi connectivity index (χ1) is 6.25. The van der Waals surface area contributed by atoms with Crippen LogP contribution >= 0.6 is 0 Å². The Balaban J connectivity index is 1.85. The van der Waals surface area contributed by atoms with Gasteiger partial charge in [-0.1, -0.05) is 6.92 Å². The number of piperidine rings is 1. The quantitative estimate of drug-likeness (QED) is 0.601. The van der Waals surface area contributed by atoms with Gasteiger partial charge in [0, 0.05) is 24.7 Å². The molecule has 3 heteroatoms. The van der Waals surface area contributed by atoms with E-state index in [1.807, 2.05) is 0 Å². The van der Waals surface area contributed by atoms with Gasteiger partial charge in [-0.25, -0.2) is 0 Å². The van der Waals surface area contributed by atoms with Gasteiger partial charge >= 0.3 is 0 Å². The summed E-state index contributed by atoms with van der Waals surface area (Å²) in [4.78, 5) is 2.40. The summed E-state index contributed by atoms with van der Waals surface area (Å²) in [6.07, 6.45) is 4.64. The third-order valence-electron chi connectivity index (χ3n) is 3.05. The van der Waals surface area contributed by atoms with Crippen molar-refractivity contribution in [2.75, 3.05) is 26.7 Å². The van der Waals surface area contributed by atoms with Crippen molar-refractivity contribution in [3.05, 3.63) is 0 Å². The van der Waals surface area contributed by atoms with E-state index in [1.165, 1.54) is 25.9 Å². The minimum absolute atomic E-state index is 0.652. The lowest BCUT2D eigenvalue weighted by Crippen LogP contribution is -2.41. The molecular formula is C10H19N3. The van der Waals surface area contributed by atoms with Crippen molar-refractivity contribution in [3.63, 3.8) is 0 Å². The highest BCUT2D eigenvalue weighted by atomic mass is 15.5. The molecule has 1 saturated heterocycles. The number of rotatable bonds is 1. The van der Waals surface area contributed by atoms with Crippen LogP contribution in [0.4, 0.5) is 0 Å². The Hall–Kier alpha value is -0.570. The molecule has 1 fully saturated rings. The minimum Gasteiger partial charge on any atom is -0.306 e. The Morgan fingerprint density at radius 2 is 2.00 bits per heavy atom. The maximum absolute atomic E-state index is 4.46. The molecule has 3 nitrogen and oxygen atoms in total. The van der Waals surface area contributed by atoms with Crippen molar-refractivity contribution >= 4 is 6.21 Å². The first-order valence-electron chi connectivity index (χ1n) is 5.25. The second kappa shape index (κ2) is 3.66. The number of likely N-dealkylation sites (tertiary alicyclic amines) is 1. The number of nitrogens with zero attached hydrogens (tertiary/aromatic N) is 3. The highest BCUT2D eigenvalue weighted by Crippen LogP contribution is 2.19. The maximum atomic E-state index is 4.46. The van der Waals surface area contributed by atoms with Gasteiger partial charge in [-0.3, -0.25) is 5.01 Å². The molecule has 0 radical (unpaired) electrons. The highest BCUT2D eigenvalue weighted by molar-refractivity contribution is 5.61. The van der Waals surface area contributed by atoms with Gasteiger partial charge in [-0.15, -0.1) is 0 Å². The van der Waals surface area contributed by atoms with Gasteiger partial charge < -0.3 is 4.90 Å². The van der Waals surface area contributed by atoms with E-state index in [0.717, 1.165) is 6.54 Å². The molecule has 0 aromatic rings. The van der Waals surface area contributed by atoms with E-state index < -0.39 is 0 Å². The molecule has 74 valence electrons. The van der Waals surface area contributed by atoms with Crippen LogP contribution < -0.4 is 0 Å². The average molecular weight is 181 g/mol. The first-order valence-corrected chi connectivity index (χ1v) is 5.25. The second-order valence-corrected chi connectivity index (χ2v) is 4.40. The molecule has 1 atom stereocenters. The zero-order chi connectivity index (χ0) is 9.26. The minimum atomic E-state index is 0.652. The fraction of sp³-hybridized carbons (Fsp3) is 0.900. The van der Waals surface area contributed by atoms with E-state index in [1.54, 1.807) is 0 Å². The molecule has 2 aliphatic rings. The maximum Gasteiger partial charge on any atom is 0.0495 e. The summed E-state index contributed by atoms with van der Waals surface area (Å²) in [5, 5.41) is 6.74. The van der Waals surface area contributed by atoms with Gasteiger partial charge in [0.05, 0.1) is 0 Å². The van der Waals surface area contributed by atoms with Crippen LogP contribution in [-0.2, 0) is 0 Å². The van der Waals surface area contributed by atoms with E-state index in [9.17, 15) is 0 Å². The molecular weight excluding hydrogens is 162 g/mol. The molecule has 0 bridgehead atoms. The average Bonchev–Trinajstić information content (AvgIpc) is 2.53. The van der Waals surface area contributed by atoms with E-state index >= 15 is 0 Å². The van der Waals surface area contributed by atoms with Crippen molar-refractivity contribution in [3.8, 4) is 0 Å². The lowest BCUT2D eigenvalue weighted by molar-refractivity contribution is 0.129. The summed E-state index contributed by atoms with van der Waals surface area (Å²) in [7, 11) is 2.20. The summed E-state index contributed by atoms with van der Waals surface area (Å²) in [5.41, 5.74) is 0. The normalized spacial score (nSPS) is 31.5. The molecule has 1 unspecified atom stereocenters. The van der Waals surface area contributed by atoms with Crippen LogP contribution in [0.25, 0.3) is 0 Å². The highest BCUT2D eigenvalue weighted by Gasteiger charge is 2.25. The second-order valence-electron chi connectivity index (χ2n) is 4.40. The fourth-order valence-corrected chi connectivity index (χ4v) is 2.13. The van der Waals surface area contributed by atoms with Gasteiger partial charge in [0.2, 0.25) is 0 Å². The van der Waals surface area contributed by atoms with Crippen LogP contribution in [0.2, 0.25) is 0 Å². The lowest BCUT2D eigenvalue weighted by Gasteiger charge is -2.34. The Morgan fingerprint density at radius 1 is 1.31 bits per heavy atom. The van der Waals surface area contributed by atoms with Gasteiger partial charge in [0.15, 0.2) is 0 Å². The van der Waals surface area contributed by atoms with Crippen LogP contribution in [0, 0.1) is 5.92 Å². The summed E-state index contributed by atoms with van der Waals surface area (Å²) in [5.74, 6) is 0.652. The Kier molecular flexibility index (Phi) is 2.54. The molecule has 2 heterocycles. The monoisotopic (exact) mass is 181 g/mol. The number of hydrogen-bond acceptors (Lipinski definition) is 3. The van der Waals surface area contributed by atoms with Gasteiger partial charge in [0.25, 0.3) is 0 Å². The molecule has 2 aliphatic heterocycles. The van der Waals surface area contributed by atoms with Crippen LogP contribution in [0.3, 0.4) is 0 Å². The molecule has 0 aromatic carbocycles. The van der Waals surface area contributed by atoms with Crippen molar-refractivity contribution < 1.29 is 0 Å². The topological polar surface area (TPSA) is 18.8 Å². The van der Waals surface area contributed by atoms with Crippen LogP contribution in [0.5, 0.6) is 0 Å². The molecule has 0 aliphatic carbocycles. The third-order valence-corrected chi connectivity index (χ3v) is 3.05. The fourth-order valence-electron chi connectivity index (χ4n) is 2.13. The SMILES string of the molecule is CC1C=NN(C2CCN(C)CC2)C1. The molecule has 0 saturated carbocycles. The first kappa shape index (κ1) is 9.00. The largest absolute Gasteiger partial charge is 0.306 e. The van der Waals surface area contributed by atoms with Crippen molar-refractivity contribution in [2.24, 2.45) is 11.0 Å². The Labute approximate surface area is 80.4 Å².